The van der Waals surface area contributed by atoms with E-state index in [1.54, 1.807) is 54.6 Å². The summed E-state index contributed by atoms with van der Waals surface area (Å²) < 4.78 is 31.9. The van der Waals surface area contributed by atoms with Crippen LogP contribution in [-0.2, 0) is 24.4 Å². The van der Waals surface area contributed by atoms with Crippen LogP contribution in [0.4, 0.5) is 0 Å². The second-order valence-electron chi connectivity index (χ2n) is 7.16. The molecular formula is C21H24N4O6S. The fourth-order valence-electron chi connectivity index (χ4n) is 3.17. The SMILES string of the molecule is NC(=O)COc1ccc(/C(N)=N/OC(=O)C2CCN(S(=O)(=O)c3ccccc3)CC2)cc1. The highest BCUT2D eigenvalue weighted by molar-refractivity contribution is 7.89. The van der Waals surface area contributed by atoms with Gasteiger partial charge < -0.3 is 21.0 Å². The summed E-state index contributed by atoms with van der Waals surface area (Å²) >= 11 is 0. The molecule has 1 heterocycles. The van der Waals surface area contributed by atoms with Crippen molar-refractivity contribution < 1.29 is 27.6 Å². The monoisotopic (exact) mass is 460 g/mol. The number of oxime groups is 1. The third-order valence-corrected chi connectivity index (χ3v) is 6.85. The minimum Gasteiger partial charge on any atom is -0.484 e. The van der Waals surface area contributed by atoms with Gasteiger partial charge in [0.05, 0.1) is 10.8 Å². The van der Waals surface area contributed by atoms with Gasteiger partial charge in [-0.05, 0) is 49.2 Å². The molecule has 2 aromatic rings. The lowest BCUT2D eigenvalue weighted by Crippen LogP contribution is -2.40. The van der Waals surface area contributed by atoms with Gasteiger partial charge in [0.25, 0.3) is 5.91 Å². The van der Waals surface area contributed by atoms with E-state index in [-0.39, 0.29) is 30.4 Å². The number of amides is 1. The van der Waals surface area contributed by atoms with Crippen molar-refractivity contribution in [1.29, 1.82) is 0 Å². The maximum Gasteiger partial charge on any atom is 0.338 e. The summed E-state index contributed by atoms with van der Waals surface area (Å²) in [4.78, 5) is 28.3. The van der Waals surface area contributed by atoms with Crippen LogP contribution < -0.4 is 16.2 Å². The van der Waals surface area contributed by atoms with Gasteiger partial charge in [0.2, 0.25) is 10.0 Å². The number of nitrogens with two attached hydrogens (primary N) is 2. The predicted octanol–water partition coefficient (Wildman–Crippen LogP) is 0.815. The summed E-state index contributed by atoms with van der Waals surface area (Å²) in [6.07, 6.45) is 0.651. The number of amidine groups is 1. The average molecular weight is 461 g/mol. The standard InChI is InChI=1S/C21H24N4O6S/c22-19(26)14-30-17-8-6-15(7-9-17)20(23)24-31-21(27)16-10-12-25(13-11-16)32(28,29)18-4-2-1-3-5-18/h1-9,16H,10-14H2,(H2,22,26)(H2,23,24). The zero-order chi connectivity index (χ0) is 23.1. The van der Waals surface area contributed by atoms with Gasteiger partial charge in [-0.15, -0.1) is 0 Å². The summed E-state index contributed by atoms with van der Waals surface area (Å²) in [6, 6.07) is 14.5. The molecule has 0 bridgehead atoms. The highest BCUT2D eigenvalue weighted by Gasteiger charge is 2.33. The Balaban J connectivity index is 1.52. The average Bonchev–Trinajstić information content (AvgIpc) is 2.82. The van der Waals surface area contributed by atoms with Gasteiger partial charge in [-0.2, -0.15) is 4.31 Å². The lowest BCUT2D eigenvalue weighted by Gasteiger charge is -2.29. The molecule has 1 fully saturated rings. The molecule has 32 heavy (non-hydrogen) atoms. The summed E-state index contributed by atoms with van der Waals surface area (Å²) in [7, 11) is -3.59. The van der Waals surface area contributed by atoms with Gasteiger partial charge in [-0.3, -0.25) is 4.79 Å². The van der Waals surface area contributed by atoms with Crippen molar-refractivity contribution in [3.63, 3.8) is 0 Å². The Morgan fingerprint density at radius 1 is 1.00 bits per heavy atom. The van der Waals surface area contributed by atoms with Crippen LogP contribution in [-0.4, -0.2) is 50.1 Å². The van der Waals surface area contributed by atoms with Crippen LogP contribution in [0.2, 0.25) is 0 Å². The van der Waals surface area contributed by atoms with Gasteiger partial charge in [-0.1, -0.05) is 23.4 Å². The number of rotatable bonds is 8. The summed E-state index contributed by atoms with van der Waals surface area (Å²) in [6.45, 7) is 0.178. The van der Waals surface area contributed by atoms with Crippen LogP contribution in [0.3, 0.4) is 0 Å². The van der Waals surface area contributed by atoms with E-state index in [0.717, 1.165) is 0 Å². The van der Waals surface area contributed by atoms with E-state index in [9.17, 15) is 18.0 Å². The Labute approximate surface area is 185 Å². The number of hydrogen-bond donors (Lipinski definition) is 2. The van der Waals surface area contributed by atoms with E-state index in [4.69, 9.17) is 21.0 Å². The molecule has 1 aliphatic heterocycles. The number of benzene rings is 2. The first-order chi connectivity index (χ1) is 15.3. The number of carbonyl (C=O) groups is 2. The molecular weight excluding hydrogens is 436 g/mol. The highest BCUT2D eigenvalue weighted by atomic mass is 32.2. The first kappa shape index (κ1) is 23.2. The van der Waals surface area contributed by atoms with Crippen LogP contribution in [0.25, 0.3) is 0 Å². The summed E-state index contributed by atoms with van der Waals surface area (Å²) in [5.74, 6) is -1.21. The molecule has 10 nitrogen and oxygen atoms in total. The van der Waals surface area contributed by atoms with Crippen LogP contribution in [0.15, 0.2) is 64.6 Å². The minimum absolute atomic E-state index is 0.0103. The zero-order valence-corrected chi connectivity index (χ0v) is 18.0. The van der Waals surface area contributed by atoms with Crippen molar-refractivity contribution in [2.75, 3.05) is 19.7 Å². The van der Waals surface area contributed by atoms with Gasteiger partial charge in [0.1, 0.15) is 5.75 Å². The Kier molecular flexibility index (Phi) is 7.44. The molecule has 2 aromatic carbocycles. The molecule has 0 unspecified atom stereocenters. The smallest absolute Gasteiger partial charge is 0.338 e. The predicted molar refractivity (Wildman–Crippen MR) is 116 cm³/mol. The van der Waals surface area contributed by atoms with Crippen molar-refractivity contribution in [2.24, 2.45) is 22.5 Å². The first-order valence-corrected chi connectivity index (χ1v) is 11.3. The molecule has 11 heteroatoms. The minimum atomic E-state index is -3.59. The van der Waals surface area contributed by atoms with Gasteiger partial charge in [0, 0.05) is 18.7 Å². The Morgan fingerprint density at radius 2 is 1.62 bits per heavy atom. The molecule has 1 amide bonds. The zero-order valence-electron chi connectivity index (χ0n) is 17.2. The normalized spacial score (nSPS) is 15.8. The lowest BCUT2D eigenvalue weighted by atomic mass is 9.99. The van der Waals surface area contributed by atoms with Crippen LogP contribution >= 0.6 is 0 Å². The first-order valence-electron chi connectivity index (χ1n) is 9.88. The molecule has 0 aromatic heterocycles. The number of hydrogen-bond acceptors (Lipinski definition) is 7. The van der Waals surface area contributed by atoms with Gasteiger partial charge in [-0.25, -0.2) is 13.2 Å². The number of nitrogens with zero attached hydrogens (tertiary/aromatic N) is 2. The maximum absolute atomic E-state index is 12.7. The lowest BCUT2D eigenvalue weighted by molar-refractivity contribution is -0.149. The largest absolute Gasteiger partial charge is 0.484 e. The summed E-state index contributed by atoms with van der Waals surface area (Å²) in [5.41, 5.74) is 11.4. The molecule has 1 aliphatic rings. The number of ether oxygens (including phenoxy) is 1. The number of piperidine rings is 1. The Morgan fingerprint density at radius 3 is 2.22 bits per heavy atom. The molecule has 170 valence electrons. The van der Waals surface area contributed by atoms with E-state index in [0.29, 0.717) is 24.2 Å². The van der Waals surface area contributed by atoms with Crippen molar-refractivity contribution in [3.05, 3.63) is 60.2 Å². The van der Waals surface area contributed by atoms with E-state index >= 15 is 0 Å². The Hall–Kier alpha value is -3.44. The van der Waals surface area contributed by atoms with Crippen molar-refractivity contribution in [1.82, 2.24) is 4.31 Å². The van der Waals surface area contributed by atoms with Crippen LogP contribution in [0, 0.1) is 5.92 Å². The molecule has 0 atom stereocenters. The Bertz CT molecular complexity index is 1080. The molecule has 0 saturated carbocycles. The second kappa shape index (κ2) is 10.2. The maximum atomic E-state index is 12.7. The van der Waals surface area contributed by atoms with E-state index in [2.05, 4.69) is 5.16 Å². The molecule has 0 radical (unpaired) electrons. The van der Waals surface area contributed by atoms with E-state index in [1.165, 1.54) is 4.31 Å². The molecule has 4 N–H and O–H groups in total. The van der Waals surface area contributed by atoms with Crippen molar-refractivity contribution in [3.8, 4) is 5.75 Å². The topological polar surface area (TPSA) is 154 Å². The second-order valence-corrected chi connectivity index (χ2v) is 9.10. The molecule has 3 rings (SSSR count). The number of sulfonamides is 1. The van der Waals surface area contributed by atoms with Gasteiger partial charge in [0.15, 0.2) is 12.4 Å². The van der Waals surface area contributed by atoms with Crippen LogP contribution in [0.1, 0.15) is 18.4 Å². The third-order valence-electron chi connectivity index (χ3n) is 4.93. The van der Waals surface area contributed by atoms with Crippen LogP contribution in [0.5, 0.6) is 5.75 Å². The van der Waals surface area contributed by atoms with E-state index < -0.39 is 27.8 Å². The highest BCUT2D eigenvalue weighted by Crippen LogP contribution is 2.24. The van der Waals surface area contributed by atoms with Gasteiger partial charge >= 0.3 is 5.97 Å². The molecule has 0 spiro atoms. The molecule has 0 aliphatic carbocycles. The summed E-state index contributed by atoms with van der Waals surface area (Å²) in [5, 5.41) is 3.69. The van der Waals surface area contributed by atoms with Crippen molar-refractivity contribution in [2.45, 2.75) is 17.7 Å². The fraction of sp³-hybridized carbons (Fsp3) is 0.286. The van der Waals surface area contributed by atoms with Crippen molar-refractivity contribution >= 4 is 27.7 Å². The quantitative estimate of drug-likeness (QED) is 0.256. The molecule has 1 saturated heterocycles. The fourth-order valence-corrected chi connectivity index (χ4v) is 4.66. The third kappa shape index (κ3) is 5.83. The number of primary amides is 1. The van der Waals surface area contributed by atoms with E-state index in [1.807, 2.05) is 0 Å². The number of carbonyl (C=O) groups excluding carboxylic acids is 2.